The van der Waals surface area contributed by atoms with Crippen LogP contribution in [-0.4, -0.2) is 64.6 Å². The number of sulfonamides is 2. The highest BCUT2D eigenvalue weighted by Gasteiger charge is 2.26. The molecule has 0 aromatic heterocycles. The van der Waals surface area contributed by atoms with E-state index in [-0.39, 0.29) is 16.3 Å². The van der Waals surface area contributed by atoms with Crippen molar-refractivity contribution in [2.45, 2.75) is 23.6 Å². The van der Waals surface area contributed by atoms with E-state index in [9.17, 15) is 21.6 Å². The number of carbonyl (C=O) groups is 1. The molecule has 180 valence electrons. The number of amides is 1. The number of methoxy groups -OCH3 is 1. The molecule has 0 unspecified atom stereocenters. The number of carbonyl (C=O) groups excluding carboxylic acids is 1. The maximum absolute atomic E-state index is 13.0. The van der Waals surface area contributed by atoms with Crippen LogP contribution in [0.2, 0.25) is 0 Å². The summed E-state index contributed by atoms with van der Waals surface area (Å²) in [7, 11) is -6.10. The molecule has 0 atom stereocenters. The van der Waals surface area contributed by atoms with Gasteiger partial charge in [0.05, 0.1) is 23.4 Å². The standard InChI is InChI=1S/C22H29N3O6S2/c1-5-16-25(33(29,30)21-14-10-19(31-4)11-15-21)17-22(26)23-18-8-12-20(13-9-18)32(27,28)24(6-2)7-3/h5,8-15H,1,6-7,16-17H2,2-4H3,(H,23,26). The van der Waals surface area contributed by atoms with E-state index in [1.165, 1.54) is 66.0 Å². The van der Waals surface area contributed by atoms with Crippen LogP contribution in [0.1, 0.15) is 13.8 Å². The summed E-state index contributed by atoms with van der Waals surface area (Å²) < 4.78 is 58.5. The summed E-state index contributed by atoms with van der Waals surface area (Å²) in [6.07, 6.45) is 1.39. The third kappa shape index (κ3) is 6.41. The highest BCUT2D eigenvalue weighted by molar-refractivity contribution is 7.89. The minimum absolute atomic E-state index is 0.0175. The van der Waals surface area contributed by atoms with Crippen LogP contribution < -0.4 is 10.1 Å². The quantitative estimate of drug-likeness (QED) is 0.453. The van der Waals surface area contributed by atoms with Crippen LogP contribution in [0.4, 0.5) is 5.69 Å². The summed E-state index contributed by atoms with van der Waals surface area (Å²) in [5.41, 5.74) is 0.346. The van der Waals surface area contributed by atoms with Crippen molar-refractivity contribution >= 4 is 31.6 Å². The summed E-state index contributed by atoms with van der Waals surface area (Å²) in [5.74, 6) is -0.0679. The Morgan fingerprint density at radius 2 is 1.39 bits per heavy atom. The number of hydrogen-bond donors (Lipinski definition) is 1. The molecular formula is C22H29N3O6S2. The molecule has 0 saturated heterocycles. The molecule has 2 aromatic rings. The van der Waals surface area contributed by atoms with Crippen molar-refractivity contribution in [2.24, 2.45) is 0 Å². The van der Waals surface area contributed by atoms with Crippen LogP contribution >= 0.6 is 0 Å². The van der Waals surface area contributed by atoms with Gasteiger partial charge in [0.2, 0.25) is 26.0 Å². The van der Waals surface area contributed by atoms with Gasteiger partial charge in [-0.2, -0.15) is 8.61 Å². The van der Waals surface area contributed by atoms with Crippen molar-refractivity contribution in [1.82, 2.24) is 8.61 Å². The fraction of sp³-hybridized carbons (Fsp3) is 0.318. The second-order valence-corrected chi connectivity index (χ2v) is 10.8. The summed E-state index contributed by atoms with van der Waals surface area (Å²) in [6, 6.07) is 11.6. The largest absolute Gasteiger partial charge is 0.497 e. The van der Waals surface area contributed by atoms with E-state index >= 15 is 0 Å². The lowest BCUT2D eigenvalue weighted by Gasteiger charge is -2.21. The van der Waals surface area contributed by atoms with Gasteiger partial charge in [0.25, 0.3) is 0 Å². The highest BCUT2D eigenvalue weighted by Crippen LogP contribution is 2.21. The average molecular weight is 496 g/mol. The van der Waals surface area contributed by atoms with E-state index in [2.05, 4.69) is 11.9 Å². The average Bonchev–Trinajstić information content (AvgIpc) is 2.79. The first-order valence-corrected chi connectivity index (χ1v) is 13.1. The number of nitrogens with one attached hydrogen (secondary N) is 1. The molecule has 0 spiro atoms. The molecule has 0 aliphatic carbocycles. The van der Waals surface area contributed by atoms with Crippen LogP contribution in [-0.2, 0) is 24.8 Å². The Labute approximate surface area is 195 Å². The third-order valence-corrected chi connectivity index (χ3v) is 8.72. The summed E-state index contributed by atoms with van der Waals surface area (Å²) in [5, 5.41) is 2.60. The van der Waals surface area contributed by atoms with Gasteiger partial charge in [-0.15, -0.1) is 6.58 Å². The molecule has 9 nitrogen and oxygen atoms in total. The minimum Gasteiger partial charge on any atom is -0.497 e. The molecule has 0 fully saturated rings. The molecule has 2 aromatic carbocycles. The third-order valence-electron chi connectivity index (χ3n) is 4.83. The van der Waals surface area contributed by atoms with Crippen LogP contribution in [0, 0.1) is 0 Å². The Balaban J connectivity index is 2.15. The molecule has 0 saturated carbocycles. The van der Waals surface area contributed by atoms with Crippen LogP contribution in [0.5, 0.6) is 5.75 Å². The van der Waals surface area contributed by atoms with Gasteiger partial charge in [0.15, 0.2) is 0 Å². The lowest BCUT2D eigenvalue weighted by Crippen LogP contribution is -2.38. The Morgan fingerprint density at radius 3 is 1.85 bits per heavy atom. The van der Waals surface area contributed by atoms with Crippen molar-refractivity contribution < 1.29 is 26.4 Å². The van der Waals surface area contributed by atoms with Crippen molar-refractivity contribution in [2.75, 3.05) is 38.6 Å². The molecule has 2 rings (SSSR count). The van der Waals surface area contributed by atoms with E-state index in [1.54, 1.807) is 13.8 Å². The van der Waals surface area contributed by atoms with Crippen molar-refractivity contribution in [3.05, 3.63) is 61.2 Å². The van der Waals surface area contributed by atoms with Crippen molar-refractivity contribution in [3.8, 4) is 5.75 Å². The Bertz CT molecular complexity index is 1160. The normalized spacial score (nSPS) is 12.0. The molecule has 0 radical (unpaired) electrons. The minimum atomic E-state index is -3.96. The van der Waals surface area contributed by atoms with Gasteiger partial charge >= 0.3 is 0 Å². The van der Waals surface area contributed by atoms with Gasteiger partial charge in [-0.3, -0.25) is 4.79 Å². The first kappa shape index (κ1) is 26.5. The number of hydrogen-bond acceptors (Lipinski definition) is 6. The molecule has 33 heavy (non-hydrogen) atoms. The molecule has 0 aliphatic rings. The molecule has 0 heterocycles. The van der Waals surface area contributed by atoms with Gasteiger partial charge in [-0.25, -0.2) is 16.8 Å². The SMILES string of the molecule is C=CCN(CC(=O)Nc1ccc(S(=O)(=O)N(CC)CC)cc1)S(=O)(=O)c1ccc(OC)cc1. The zero-order valence-electron chi connectivity index (χ0n) is 18.9. The number of anilines is 1. The highest BCUT2D eigenvalue weighted by atomic mass is 32.2. The Hall–Kier alpha value is -2.73. The van der Waals surface area contributed by atoms with Crippen molar-refractivity contribution in [1.29, 1.82) is 0 Å². The van der Waals surface area contributed by atoms with E-state index in [4.69, 9.17) is 4.74 Å². The Morgan fingerprint density at radius 1 is 0.909 bits per heavy atom. The van der Waals surface area contributed by atoms with E-state index in [1.807, 2.05) is 0 Å². The molecule has 1 N–H and O–H groups in total. The second-order valence-electron chi connectivity index (χ2n) is 6.92. The molecule has 0 aliphatic heterocycles. The fourth-order valence-corrected chi connectivity index (χ4v) is 5.90. The molecule has 11 heteroatoms. The summed E-state index contributed by atoms with van der Waals surface area (Å²) >= 11 is 0. The summed E-state index contributed by atoms with van der Waals surface area (Å²) in [6.45, 7) is 7.26. The Kier molecular flexibility index (Phi) is 9.17. The number of nitrogens with zero attached hydrogens (tertiary/aromatic N) is 2. The van der Waals surface area contributed by atoms with Gasteiger partial charge in [0, 0.05) is 25.3 Å². The monoisotopic (exact) mass is 495 g/mol. The fourth-order valence-electron chi connectivity index (χ4n) is 3.07. The number of benzene rings is 2. The first-order valence-electron chi connectivity index (χ1n) is 10.2. The molecule has 0 bridgehead atoms. The summed E-state index contributed by atoms with van der Waals surface area (Å²) in [4.78, 5) is 12.7. The van der Waals surface area contributed by atoms with Crippen LogP contribution in [0.3, 0.4) is 0 Å². The molecule has 1 amide bonds. The topological polar surface area (TPSA) is 113 Å². The lowest BCUT2D eigenvalue weighted by molar-refractivity contribution is -0.116. The van der Waals surface area contributed by atoms with Gasteiger partial charge in [0.1, 0.15) is 5.75 Å². The number of ether oxygens (including phenoxy) is 1. The smallest absolute Gasteiger partial charge is 0.243 e. The zero-order chi connectivity index (χ0) is 24.6. The maximum atomic E-state index is 13.0. The van der Waals surface area contributed by atoms with E-state index in [0.717, 1.165) is 4.31 Å². The maximum Gasteiger partial charge on any atom is 0.243 e. The van der Waals surface area contributed by atoms with Gasteiger partial charge in [-0.1, -0.05) is 19.9 Å². The van der Waals surface area contributed by atoms with Crippen LogP contribution in [0.15, 0.2) is 71.0 Å². The van der Waals surface area contributed by atoms with E-state index < -0.39 is 32.5 Å². The van der Waals surface area contributed by atoms with Crippen LogP contribution in [0.25, 0.3) is 0 Å². The predicted octanol–water partition coefficient (Wildman–Crippen LogP) is 2.54. The molecular weight excluding hydrogens is 466 g/mol. The van der Waals surface area contributed by atoms with Gasteiger partial charge < -0.3 is 10.1 Å². The first-order chi connectivity index (χ1) is 15.6. The predicted molar refractivity (Wildman–Crippen MR) is 127 cm³/mol. The second kappa shape index (κ2) is 11.4. The van der Waals surface area contributed by atoms with Gasteiger partial charge in [-0.05, 0) is 48.5 Å². The van der Waals surface area contributed by atoms with E-state index in [0.29, 0.717) is 24.5 Å². The zero-order valence-corrected chi connectivity index (χ0v) is 20.5. The number of rotatable bonds is 12. The van der Waals surface area contributed by atoms with Crippen molar-refractivity contribution in [3.63, 3.8) is 0 Å². The lowest BCUT2D eigenvalue weighted by atomic mass is 10.3.